The predicted octanol–water partition coefficient (Wildman–Crippen LogP) is 7.39. The normalized spacial score (nSPS) is 21.2. The highest BCUT2D eigenvalue weighted by atomic mass is 14.3. The summed E-state index contributed by atoms with van der Waals surface area (Å²) in [5.74, 6) is 2.27. The lowest BCUT2D eigenvalue weighted by Gasteiger charge is -2.36. The lowest BCUT2D eigenvalue weighted by molar-refractivity contribution is 0.303. The van der Waals surface area contributed by atoms with Gasteiger partial charge in [-0.1, -0.05) is 64.3 Å². The average Bonchev–Trinajstić information content (AvgIpc) is 2.54. The summed E-state index contributed by atoms with van der Waals surface area (Å²) in [6.07, 6.45) is 11.4. The summed E-state index contributed by atoms with van der Waals surface area (Å²) in [6.45, 7) is 14.1. The zero-order valence-electron chi connectivity index (χ0n) is 16.9. The van der Waals surface area contributed by atoms with E-state index in [1.54, 1.807) is 27.8 Å². The molecule has 0 aliphatic heterocycles. The van der Waals surface area contributed by atoms with Gasteiger partial charge in [0.1, 0.15) is 0 Å². The van der Waals surface area contributed by atoms with Crippen molar-refractivity contribution in [1.82, 2.24) is 0 Å². The molecule has 0 bridgehead atoms. The van der Waals surface area contributed by atoms with Crippen LogP contribution in [-0.2, 0) is 12.8 Å². The van der Waals surface area contributed by atoms with Crippen LogP contribution in [0.2, 0.25) is 0 Å². The van der Waals surface area contributed by atoms with Crippen molar-refractivity contribution in [3.05, 3.63) is 46.0 Å². The molecular weight excluding hydrogens is 288 g/mol. The van der Waals surface area contributed by atoms with Crippen molar-refractivity contribution in [3.63, 3.8) is 0 Å². The molecule has 2 unspecified atom stereocenters. The number of unbranched alkanes of at least 4 members (excludes halogenated alkanes) is 2. The Morgan fingerprint density at radius 2 is 1.83 bits per heavy atom. The van der Waals surface area contributed by atoms with Crippen LogP contribution in [0.25, 0.3) is 0 Å². The molecule has 2 atom stereocenters. The molecule has 1 aromatic rings. The molecule has 0 heteroatoms. The van der Waals surface area contributed by atoms with Crippen molar-refractivity contribution in [2.45, 2.75) is 92.4 Å². The second-order valence-corrected chi connectivity index (χ2v) is 8.30. The summed E-state index contributed by atoms with van der Waals surface area (Å²) in [5.41, 5.74) is 8.00. The Morgan fingerprint density at radius 1 is 1.08 bits per heavy atom. The summed E-state index contributed by atoms with van der Waals surface area (Å²) in [5, 5.41) is 0. The minimum atomic E-state index is 0.717. The molecule has 0 nitrogen and oxygen atoms in total. The van der Waals surface area contributed by atoms with Gasteiger partial charge in [-0.25, -0.2) is 0 Å². The molecule has 134 valence electrons. The zero-order chi connectivity index (χ0) is 17.7. The van der Waals surface area contributed by atoms with E-state index in [0.29, 0.717) is 0 Å². The summed E-state index contributed by atoms with van der Waals surface area (Å²) < 4.78 is 0. The standard InChI is InChI=1S/C24H38/c1-7-9-10-11-20-15-19(6)24(21(8-2)16-20)23-14-18(5)12-13-22(23)17(3)4/h12,15-17,22-23H,7-11,13-14H2,1-6H3. The number of hydrogen-bond acceptors (Lipinski definition) is 0. The fourth-order valence-electron chi connectivity index (χ4n) is 4.63. The fraction of sp³-hybridized carbons (Fsp3) is 0.667. The Morgan fingerprint density at radius 3 is 2.46 bits per heavy atom. The Labute approximate surface area is 150 Å². The zero-order valence-corrected chi connectivity index (χ0v) is 16.9. The first kappa shape index (κ1) is 19.3. The molecular formula is C24H38. The number of aryl methyl sites for hydroxylation is 3. The highest BCUT2D eigenvalue weighted by molar-refractivity contribution is 5.43. The van der Waals surface area contributed by atoms with Gasteiger partial charge >= 0.3 is 0 Å². The summed E-state index contributed by atoms with van der Waals surface area (Å²) in [6, 6.07) is 5.03. The number of allylic oxidation sites excluding steroid dienone is 2. The lowest BCUT2D eigenvalue weighted by Crippen LogP contribution is -2.23. The van der Waals surface area contributed by atoms with Crippen LogP contribution in [0.3, 0.4) is 0 Å². The van der Waals surface area contributed by atoms with Crippen LogP contribution in [-0.4, -0.2) is 0 Å². The van der Waals surface area contributed by atoms with Crippen LogP contribution >= 0.6 is 0 Å². The number of hydrogen-bond donors (Lipinski definition) is 0. The monoisotopic (exact) mass is 326 g/mol. The molecule has 0 N–H and O–H groups in total. The Hall–Kier alpha value is -1.04. The van der Waals surface area contributed by atoms with Crippen LogP contribution < -0.4 is 0 Å². The lowest BCUT2D eigenvalue weighted by atomic mass is 9.69. The van der Waals surface area contributed by atoms with Crippen LogP contribution in [0.1, 0.15) is 94.9 Å². The first-order chi connectivity index (χ1) is 11.5. The van der Waals surface area contributed by atoms with Gasteiger partial charge < -0.3 is 0 Å². The molecule has 0 radical (unpaired) electrons. The Bertz CT molecular complexity index is 562. The van der Waals surface area contributed by atoms with Crippen molar-refractivity contribution in [2.75, 3.05) is 0 Å². The molecule has 1 aliphatic carbocycles. The van der Waals surface area contributed by atoms with E-state index in [9.17, 15) is 0 Å². The fourth-order valence-corrected chi connectivity index (χ4v) is 4.63. The van der Waals surface area contributed by atoms with E-state index in [1.807, 2.05) is 0 Å². The summed E-state index contributed by atoms with van der Waals surface area (Å²) >= 11 is 0. The van der Waals surface area contributed by atoms with Crippen molar-refractivity contribution in [3.8, 4) is 0 Å². The minimum absolute atomic E-state index is 0.717. The van der Waals surface area contributed by atoms with Crippen LogP contribution in [0.15, 0.2) is 23.8 Å². The van der Waals surface area contributed by atoms with Gasteiger partial charge in [0.2, 0.25) is 0 Å². The van der Waals surface area contributed by atoms with E-state index in [1.165, 1.54) is 44.9 Å². The third-order valence-electron chi connectivity index (χ3n) is 6.01. The molecule has 24 heavy (non-hydrogen) atoms. The van der Waals surface area contributed by atoms with Crippen molar-refractivity contribution in [2.24, 2.45) is 11.8 Å². The maximum Gasteiger partial charge on any atom is -0.00857 e. The van der Waals surface area contributed by atoms with E-state index in [-0.39, 0.29) is 0 Å². The van der Waals surface area contributed by atoms with Crippen LogP contribution in [0.4, 0.5) is 0 Å². The molecule has 0 saturated heterocycles. The Balaban J connectivity index is 2.35. The number of benzene rings is 1. The molecule has 0 saturated carbocycles. The molecule has 0 heterocycles. The van der Waals surface area contributed by atoms with Gasteiger partial charge in [-0.15, -0.1) is 0 Å². The van der Waals surface area contributed by atoms with Crippen molar-refractivity contribution in [1.29, 1.82) is 0 Å². The minimum Gasteiger partial charge on any atom is -0.0853 e. The molecule has 2 rings (SSSR count). The smallest absolute Gasteiger partial charge is 0.00857 e. The second kappa shape index (κ2) is 8.88. The van der Waals surface area contributed by atoms with E-state index in [4.69, 9.17) is 0 Å². The maximum absolute atomic E-state index is 2.53. The van der Waals surface area contributed by atoms with Crippen molar-refractivity contribution < 1.29 is 0 Å². The maximum atomic E-state index is 2.53. The SMILES string of the molecule is CCCCCc1cc(C)c(C2CC(C)=CCC2C(C)C)c(CC)c1. The van der Waals surface area contributed by atoms with Gasteiger partial charge in [-0.2, -0.15) is 0 Å². The van der Waals surface area contributed by atoms with Crippen LogP contribution in [0, 0.1) is 18.8 Å². The molecule has 0 aromatic heterocycles. The highest BCUT2D eigenvalue weighted by Gasteiger charge is 2.30. The molecule has 0 fully saturated rings. The average molecular weight is 327 g/mol. The molecule has 1 aromatic carbocycles. The van der Waals surface area contributed by atoms with E-state index >= 15 is 0 Å². The number of rotatable bonds is 7. The van der Waals surface area contributed by atoms with Crippen LogP contribution in [0.5, 0.6) is 0 Å². The van der Waals surface area contributed by atoms with Gasteiger partial charge in [-0.3, -0.25) is 0 Å². The van der Waals surface area contributed by atoms with Gasteiger partial charge in [0.05, 0.1) is 0 Å². The quantitative estimate of drug-likeness (QED) is 0.362. The predicted molar refractivity (Wildman–Crippen MR) is 108 cm³/mol. The third kappa shape index (κ3) is 4.52. The molecule has 0 spiro atoms. The van der Waals surface area contributed by atoms with E-state index in [0.717, 1.165) is 17.8 Å². The summed E-state index contributed by atoms with van der Waals surface area (Å²) in [4.78, 5) is 0. The second-order valence-electron chi connectivity index (χ2n) is 8.30. The van der Waals surface area contributed by atoms with Crippen molar-refractivity contribution >= 4 is 0 Å². The molecule has 1 aliphatic rings. The Kier molecular flexibility index (Phi) is 7.14. The first-order valence-electron chi connectivity index (χ1n) is 10.3. The topological polar surface area (TPSA) is 0 Å². The third-order valence-corrected chi connectivity index (χ3v) is 6.01. The van der Waals surface area contributed by atoms with Gasteiger partial charge in [-0.05, 0) is 86.0 Å². The van der Waals surface area contributed by atoms with Gasteiger partial charge in [0, 0.05) is 0 Å². The van der Waals surface area contributed by atoms with E-state index < -0.39 is 0 Å². The summed E-state index contributed by atoms with van der Waals surface area (Å²) in [7, 11) is 0. The first-order valence-corrected chi connectivity index (χ1v) is 10.3. The molecule has 0 amide bonds. The van der Waals surface area contributed by atoms with Gasteiger partial charge in [0.25, 0.3) is 0 Å². The highest BCUT2D eigenvalue weighted by Crippen LogP contribution is 2.44. The van der Waals surface area contributed by atoms with E-state index in [2.05, 4.69) is 59.8 Å². The largest absolute Gasteiger partial charge is 0.0853 e. The van der Waals surface area contributed by atoms with Gasteiger partial charge in [0.15, 0.2) is 0 Å².